The normalized spacial score (nSPS) is 17.8. The van der Waals surface area contributed by atoms with E-state index in [1.54, 1.807) is 14.2 Å². The van der Waals surface area contributed by atoms with Crippen LogP contribution in [-0.2, 0) is 6.54 Å². The molecule has 1 saturated heterocycles. The summed E-state index contributed by atoms with van der Waals surface area (Å²) >= 11 is 6.45. The Labute approximate surface area is 124 Å². The summed E-state index contributed by atoms with van der Waals surface area (Å²) in [6.45, 7) is 1.84. The van der Waals surface area contributed by atoms with Crippen LogP contribution in [0.4, 0.5) is 5.69 Å². The molecule has 0 unspecified atom stereocenters. The summed E-state index contributed by atoms with van der Waals surface area (Å²) in [5.74, 6) is 2.54. The standard InChI is InChI=1S/C15H19ClN2O2/c1-19-11-8-12(20-2)15-10(14(11)16)9-18-7-5-3-4-6-13(18)17-15/h8H,3-7,9H2,1-2H3. The SMILES string of the molecule is COc1cc(OC)c2c(c1Cl)CN1CCCCCC1=N2. The van der Waals surface area contributed by atoms with Crippen LogP contribution in [-0.4, -0.2) is 31.5 Å². The maximum Gasteiger partial charge on any atom is 0.148 e. The summed E-state index contributed by atoms with van der Waals surface area (Å²) in [6, 6.07) is 1.82. The summed E-state index contributed by atoms with van der Waals surface area (Å²) in [7, 11) is 3.28. The van der Waals surface area contributed by atoms with E-state index >= 15 is 0 Å². The van der Waals surface area contributed by atoms with Gasteiger partial charge in [-0.25, -0.2) is 4.99 Å². The Kier molecular flexibility index (Phi) is 3.74. The fraction of sp³-hybridized carbons (Fsp3) is 0.533. The van der Waals surface area contributed by atoms with Crippen LogP contribution in [0.15, 0.2) is 11.1 Å². The van der Waals surface area contributed by atoms with E-state index in [1.807, 2.05) is 6.07 Å². The van der Waals surface area contributed by atoms with Gasteiger partial charge in [0.25, 0.3) is 0 Å². The number of methoxy groups -OCH3 is 2. The van der Waals surface area contributed by atoms with E-state index in [1.165, 1.54) is 19.3 Å². The summed E-state index contributed by atoms with van der Waals surface area (Å²) in [4.78, 5) is 7.15. The molecule has 0 bridgehead atoms. The van der Waals surface area contributed by atoms with E-state index in [2.05, 4.69) is 4.90 Å². The topological polar surface area (TPSA) is 34.1 Å². The minimum absolute atomic E-state index is 0.648. The minimum atomic E-state index is 0.648. The lowest BCUT2D eigenvalue weighted by atomic mass is 10.1. The molecule has 3 rings (SSSR count). The van der Waals surface area contributed by atoms with Crippen LogP contribution in [0.1, 0.15) is 31.2 Å². The maximum absolute atomic E-state index is 6.45. The Morgan fingerprint density at radius 1 is 1.15 bits per heavy atom. The van der Waals surface area contributed by atoms with Crippen LogP contribution in [0.25, 0.3) is 0 Å². The molecule has 0 spiro atoms. The lowest BCUT2D eigenvalue weighted by Gasteiger charge is -2.30. The van der Waals surface area contributed by atoms with Crippen molar-refractivity contribution in [1.82, 2.24) is 4.90 Å². The van der Waals surface area contributed by atoms with Crippen LogP contribution in [0, 0.1) is 0 Å². The van der Waals surface area contributed by atoms with Crippen molar-refractivity contribution >= 4 is 23.1 Å². The van der Waals surface area contributed by atoms with Gasteiger partial charge in [-0.15, -0.1) is 0 Å². The number of rotatable bonds is 2. The second-order valence-electron chi connectivity index (χ2n) is 5.18. The van der Waals surface area contributed by atoms with Crippen LogP contribution >= 0.6 is 11.6 Å². The smallest absolute Gasteiger partial charge is 0.148 e. The van der Waals surface area contributed by atoms with Crippen molar-refractivity contribution in [3.63, 3.8) is 0 Å². The molecule has 1 aromatic rings. The van der Waals surface area contributed by atoms with Gasteiger partial charge in [0.05, 0.1) is 19.2 Å². The first-order valence-corrected chi connectivity index (χ1v) is 7.38. The highest BCUT2D eigenvalue weighted by molar-refractivity contribution is 6.33. The van der Waals surface area contributed by atoms with Crippen molar-refractivity contribution in [3.8, 4) is 11.5 Å². The minimum Gasteiger partial charge on any atom is -0.495 e. The van der Waals surface area contributed by atoms with Gasteiger partial charge in [-0.1, -0.05) is 18.0 Å². The number of ether oxygens (including phenoxy) is 2. The molecule has 0 aromatic heterocycles. The van der Waals surface area contributed by atoms with Crippen LogP contribution in [0.2, 0.25) is 5.02 Å². The molecule has 0 saturated carbocycles. The molecule has 0 atom stereocenters. The Balaban J connectivity index is 2.12. The number of hydrogen-bond donors (Lipinski definition) is 0. The number of hydrogen-bond acceptors (Lipinski definition) is 4. The zero-order chi connectivity index (χ0) is 14.1. The third kappa shape index (κ3) is 2.22. The van der Waals surface area contributed by atoms with Crippen LogP contribution < -0.4 is 9.47 Å². The molecule has 108 valence electrons. The number of amidine groups is 1. The number of aliphatic imine (C=N–C) groups is 1. The fourth-order valence-electron chi connectivity index (χ4n) is 2.89. The largest absolute Gasteiger partial charge is 0.495 e. The van der Waals surface area contributed by atoms with E-state index in [4.69, 9.17) is 26.1 Å². The Morgan fingerprint density at radius 3 is 2.70 bits per heavy atom. The number of halogens is 1. The third-order valence-electron chi connectivity index (χ3n) is 3.99. The summed E-state index contributed by atoms with van der Waals surface area (Å²) in [5, 5.41) is 0.648. The Hall–Kier alpha value is -1.42. The Bertz CT molecular complexity index is 557. The Morgan fingerprint density at radius 2 is 1.95 bits per heavy atom. The van der Waals surface area contributed by atoms with Crippen molar-refractivity contribution in [2.75, 3.05) is 20.8 Å². The average molecular weight is 295 g/mol. The van der Waals surface area contributed by atoms with E-state index in [0.29, 0.717) is 10.8 Å². The van der Waals surface area contributed by atoms with Crippen molar-refractivity contribution in [3.05, 3.63) is 16.7 Å². The molecule has 0 aliphatic carbocycles. The summed E-state index contributed by atoms with van der Waals surface area (Å²) in [5.41, 5.74) is 1.87. The zero-order valence-corrected chi connectivity index (χ0v) is 12.7. The fourth-order valence-corrected chi connectivity index (χ4v) is 3.17. The average Bonchev–Trinajstić information content (AvgIpc) is 2.71. The molecule has 0 amide bonds. The monoisotopic (exact) mass is 294 g/mol. The van der Waals surface area contributed by atoms with E-state index in [-0.39, 0.29) is 0 Å². The van der Waals surface area contributed by atoms with Crippen molar-refractivity contribution in [2.45, 2.75) is 32.2 Å². The number of nitrogens with zero attached hydrogens (tertiary/aromatic N) is 2. The van der Waals surface area contributed by atoms with Crippen LogP contribution in [0.3, 0.4) is 0 Å². The highest BCUT2D eigenvalue weighted by Crippen LogP contribution is 2.45. The lowest BCUT2D eigenvalue weighted by Crippen LogP contribution is -2.32. The highest BCUT2D eigenvalue weighted by atomic mass is 35.5. The molecule has 1 fully saturated rings. The molecular formula is C15H19ClN2O2. The molecular weight excluding hydrogens is 276 g/mol. The summed E-state index contributed by atoms with van der Waals surface area (Å²) in [6.07, 6.45) is 4.72. The van der Waals surface area contributed by atoms with Gasteiger partial charge < -0.3 is 14.4 Å². The quantitative estimate of drug-likeness (QED) is 0.832. The van der Waals surface area contributed by atoms with Gasteiger partial charge in [-0.2, -0.15) is 0 Å². The van der Waals surface area contributed by atoms with E-state index < -0.39 is 0 Å². The summed E-state index contributed by atoms with van der Waals surface area (Å²) < 4.78 is 10.8. The van der Waals surface area contributed by atoms with E-state index in [9.17, 15) is 0 Å². The van der Waals surface area contributed by atoms with Gasteiger partial charge in [0.2, 0.25) is 0 Å². The number of benzene rings is 1. The molecule has 4 nitrogen and oxygen atoms in total. The molecule has 20 heavy (non-hydrogen) atoms. The third-order valence-corrected chi connectivity index (χ3v) is 4.40. The number of fused-ring (bicyclic) bond motifs is 2. The van der Waals surface area contributed by atoms with Gasteiger partial charge >= 0.3 is 0 Å². The van der Waals surface area contributed by atoms with Gasteiger partial charge in [0, 0.05) is 31.1 Å². The molecule has 2 heterocycles. The van der Waals surface area contributed by atoms with Crippen LogP contribution in [0.5, 0.6) is 11.5 Å². The first kappa shape index (κ1) is 13.6. The van der Waals surface area contributed by atoms with Crippen molar-refractivity contribution in [2.24, 2.45) is 4.99 Å². The predicted octanol–water partition coefficient (Wildman–Crippen LogP) is 3.78. The second kappa shape index (κ2) is 5.52. The molecule has 2 aliphatic heterocycles. The second-order valence-corrected chi connectivity index (χ2v) is 5.56. The van der Waals surface area contributed by atoms with E-state index in [0.717, 1.165) is 42.3 Å². The first-order valence-electron chi connectivity index (χ1n) is 7.00. The molecule has 0 N–H and O–H groups in total. The molecule has 0 radical (unpaired) electrons. The van der Waals surface area contributed by atoms with Crippen molar-refractivity contribution in [1.29, 1.82) is 0 Å². The lowest BCUT2D eigenvalue weighted by molar-refractivity contribution is 0.380. The van der Waals surface area contributed by atoms with Gasteiger partial charge in [0.1, 0.15) is 23.0 Å². The van der Waals surface area contributed by atoms with Gasteiger partial charge in [-0.05, 0) is 12.8 Å². The predicted molar refractivity (Wildman–Crippen MR) is 80.5 cm³/mol. The molecule has 5 heteroatoms. The van der Waals surface area contributed by atoms with Crippen molar-refractivity contribution < 1.29 is 9.47 Å². The van der Waals surface area contributed by atoms with Gasteiger partial charge in [-0.3, -0.25) is 0 Å². The molecule has 1 aromatic carbocycles. The first-order chi connectivity index (χ1) is 9.74. The highest BCUT2D eigenvalue weighted by Gasteiger charge is 2.27. The maximum atomic E-state index is 6.45. The zero-order valence-electron chi connectivity index (χ0n) is 11.9. The molecule has 2 aliphatic rings. The van der Waals surface area contributed by atoms with Gasteiger partial charge in [0.15, 0.2) is 0 Å².